The number of halogens is 1. The van der Waals surface area contributed by atoms with Gasteiger partial charge in [-0.05, 0) is 56.5 Å². The fourth-order valence-electron chi connectivity index (χ4n) is 4.09. The van der Waals surface area contributed by atoms with Crippen molar-refractivity contribution >= 4 is 17.5 Å². The largest absolute Gasteiger partial charge is 0.334 e. The second-order valence-corrected chi connectivity index (χ2v) is 8.27. The molecule has 0 saturated carbocycles. The van der Waals surface area contributed by atoms with Gasteiger partial charge in [0.1, 0.15) is 0 Å². The standard InChI is InChI=1S/C23H21ClN6O2/c1-14-8-9-19(30-25-10-11-26-30)17(13-14)23(31)29-12-4-7-20(29)21-27-22(32-28-21)16-5-3-6-18(24)15(16)2/h3,5-6,8-11,13,20H,4,7,12H2,1-2H3/t20-/m0/s1. The summed E-state index contributed by atoms with van der Waals surface area (Å²) in [6, 6.07) is 11.0. The molecule has 162 valence electrons. The van der Waals surface area contributed by atoms with E-state index in [1.807, 2.05) is 50.2 Å². The summed E-state index contributed by atoms with van der Waals surface area (Å²) in [5, 5.41) is 13.2. The first kappa shape index (κ1) is 20.4. The van der Waals surface area contributed by atoms with Gasteiger partial charge >= 0.3 is 0 Å². The molecule has 2 aromatic carbocycles. The van der Waals surface area contributed by atoms with Crippen molar-refractivity contribution in [3.05, 3.63) is 76.3 Å². The van der Waals surface area contributed by atoms with Crippen molar-refractivity contribution in [2.45, 2.75) is 32.7 Å². The van der Waals surface area contributed by atoms with Gasteiger partial charge in [0.05, 0.1) is 29.7 Å². The highest BCUT2D eigenvalue weighted by molar-refractivity contribution is 6.31. The fraction of sp³-hybridized carbons (Fsp3) is 0.261. The summed E-state index contributed by atoms with van der Waals surface area (Å²) in [6.45, 7) is 4.48. The van der Waals surface area contributed by atoms with E-state index in [1.54, 1.807) is 17.3 Å². The van der Waals surface area contributed by atoms with Gasteiger partial charge in [0.15, 0.2) is 5.82 Å². The Kier molecular flexibility index (Phi) is 5.22. The summed E-state index contributed by atoms with van der Waals surface area (Å²) in [5.41, 5.74) is 3.83. The lowest BCUT2D eigenvalue weighted by Crippen LogP contribution is -2.32. The molecular formula is C23H21ClN6O2. The molecule has 1 saturated heterocycles. The summed E-state index contributed by atoms with van der Waals surface area (Å²) < 4.78 is 5.55. The topological polar surface area (TPSA) is 89.9 Å². The molecule has 0 spiro atoms. The lowest BCUT2D eigenvalue weighted by Gasteiger charge is -2.23. The summed E-state index contributed by atoms with van der Waals surface area (Å²) in [5.74, 6) is 0.793. The number of aryl methyl sites for hydroxylation is 1. The van der Waals surface area contributed by atoms with E-state index < -0.39 is 0 Å². The van der Waals surface area contributed by atoms with E-state index in [9.17, 15) is 4.79 Å². The summed E-state index contributed by atoms with van der Waals surface area (Å²) in [4.78, 5) is 21.5. The van der Waals surface area contributed by atoms with E-state index in [0.29, 0.717) is 34.5 Å². The molecule has 0 bridgehead atoms. The van der Waals surface area contributed by atoms with Crippen molar-refractivity contribution in [3.63, 3.8) is 0 Å². The molecule has 0 aliphatic carbocycles. The number of amides is 1. The normalized spacial score (nSPS) is 16.0. The van der Waals surface area contributed by atoms with Gasteiger partial charge in [0.2, 0.25) is 0 Å². The molecule has 1 aliphatic heterocycles. The third-order valence-corrected chi connectivity index (χ3v) is 6.18. The van der Waals surface area contributed by atoms with Crippen LogP contribution < -0.4 is 0 Å². The Morgan fingerprint density at radius 3 is 2.78 bits per heavy atom. The molecule has 0 radical (unpaired) electrons. The third kappa shape index (κ3) is 3.56. The smallest absolute Gasteiger partial charge is 0.258 e. The predicted octanol–water partition coefficient (Wildman–Crippen LogP) is 4.56. The highest BCUT2D eigenvalue weighted by Crippen LogP contribution is 2.34. The highest BCUT2D eigenvalue weighted by Gasteiger charge is 2.35. The molecule has 3 heterocycles. The zero-order valence-electron chi connectivity index (χ0n) is 17.7. The van der Waals surface area contributed by atoms with Gasteiger partial charge < -0.3 is 9.42 Å². The van der Waals surface area contributed by atoms with Crippen LogP contribution in [-0.2, 0) is 0 Å². The van der Waals surface area contributed by atoms with Crippen LogP contribution in [0.25, 0.3) is 17.1 Å². The molecule has 1 fully saturated rings. The Bertz CT molecular complexity index is 1280. The van der Waals surface area contributed by atoms with Crippen LogP contribution in [0.1, 0.15) is 46.2 Å². The number of aromatic nitrogens is 5. The Hall–Kier alpha value is -3.52. The van der Waals surface area contributed by atoms with Crippen LogP contribution in [-0.4, -0.2) is 42.5 Å². The van der Waals surface area contributed by atoms with Gasteiger partial charge in [-0.1, -0.05) is 34.5 Å². The average molecular weight is 449 g/mol. The van der Waals surface area contributed by atoms with Crippen LogP contribution in [0.4, 0.5) is 0 Å². The first-order valence-electron chi connectivity index (χ1n) is 10.4. The van der Waals surface area contributed by atoms with Gasteiger partial charge in [0.25, 0.3) is 11.8 Å². The quantitative estimate of drug-likeness (QED) is 0.454. The SMILES string of the molecule is Cc1ccc(-n2nccn2)c(C(=O)N2CCC[C@H]2c2noc(-c3cccc(Cl)c3C)n2)c1. The number of carbonyl (C=O) groups excluding carboxylic acids is 1. The van der Waals surface area contributed by atoms with Crippen LogP contribution in [0, 0.1) is 13.8 Å². The van der Waals surface area contributed by atoms with Crippen LogP contribution in [0.3, 0.4) is 0 Å². The maximum Gasteiger partial charge on any atom is 0.258 e. The van der Waals surface area contributed by atoms with Crippen molar-refractivity contribution in [1.29, 1.82) is 0 Å². The van der Waals surface area contributed by atoms with Crippen LogP contribution in [0.15, 0.2) is 53.3 Å². The number of rotatable bonds is 4. The number of benzene rings is 2. The van der Waals surface area contributed by atoms with E-state index in [0.717, 1.165) is 29.5 Å². The minimum atomic E-state index is -0.265. The molecule has 2 aromatic heterocycles. The maximum atomic E-state index is 13.6. The van der Waals surface area contributed by atoms with E-state index >= 15 is 0 Å². The molecule has 4 aromatic rings. The molecule has 0 N–H and O–H groups in total. The van der Waals surface area contributed by atoms with Gasteiger partial charge in [-0.25, -0.2) is 0 Å². The van der Waals surface area contributed by atoms with Gasteiger partial charge in [0, 0.05) is 17.1 Å². The summed E-state index contributed by atoms with van der Waals surface area (Å²) >= 11 is 6.25. The minimum Gasteiger partial charge on any atom is -0.334 e. The van der Waals surface area contributed by atoms with Crippen LogP contribution >= 0.6 is 11.6 Å². The van der Waals surface area contributed by atoms with E-state index in [2.05, 4.69) is 20.3 Å². The van der Waals surface area contributed by atoms with Crippen molar-refractivity contribution in [1.82, 2.24) is 30.0 Å². The maximum absolute atomic E-state index is 13.6. The zero-order valence-corrected chi connectivity index (χ0v) is 18.5. The van der Waals surface area contributed by atoms with Gasteiger partial charge in [-0.15, -0.1) is 0 Å². The van der Waals surface area contributed by atoms with Gasteiger partial charge in [-0.2, -0.15) is 20.0 Å². The second kappa shape index (κ2) is 8.20. The Morgan fingerprint density at radius 2 is 1.97 bits per heavy atom. The molecule has 9 heteroatoms. The monoisotopic (exact) mass is 448 g/mol. The number of likely N-dealkylation sites (tertiary alicyclic amines) is 1. The predicted molar refractivity (Wildman–Crippen MR) is 119 cm³/mol. The van der Waals surface area contributed by atoms with Crippen molar-refractivity contribution in [2.75, 3.05) is 6.54 Å². The fourth-order valence-corrected chi connectivity index (χ4v) is 4.26. The lowest BCUT2D eigenvalue weighted by molar-refractivity contribution is 0.0728. The van der Waals surface area contributed by atoms with E-state index in [-0.39, 0.29) is 11.9 Å². The molecule has 1 aliphatic rings. The zero-order chi connectivity index (χ0) is 22.2. The first-order valence-corrected chi connectivity index (χ1v) is 10.8. The Balaban J connectivity index is 1.48. The Morgan fingerprint density at radius 1 is 1.16 bits per heavy atom. The molecule has 1 atom stereocenters. The third-order valence-electron chi connectivity index (χ3n) is 5.77. The number of hydrogen-bond acceptors (Lipinski definition) is 6. The van der Waals surface area contributed by atoms with E-state index in [1.165, 1.54) is 4.80 Å². The van der Waals surface area contributed by atoms with Crippen LogP contribution in [0.2, 0.25) is 5.02 Å². The number of carbonyl (C=O) groups is 1. The number of hydrogen-bond donors (Lipinski definition) is 0. The van der Waals surface area contributed by atoms with E-state index in [4.69, 9.17) is 16.1 Å². The summed E-state index contributed by atoms with van der Waals surface area (Å²) in [6.07, 6.45) is 4.80. The van der Waals surface area contributed by atoms with Gasteiger partial charge in [-0.3, -0.25) is 4.79 Å². The first-order chi connectivity index (χ1) is 15.5. The second-order valence-electron chi connectivity index (χ2n) is 7.87. The molecule has 1 amide bonds. The minimum absolute atomic E-state index is 0.103. The molecular weight excluding hydrogens is 428 g/mol. The van der Waals surface area contributed by atoms with Crippen LogP contribution in [0.5, 0.6) is 0 Å². The van der Waals surface area contributed by atoms with Crippen molar-refractivity contribution in [3.8, 4) is 17.1 Å². The molecule has 5 rings (SSSR count). The van der Waals surface area contributed by atoms with Crippen molar-refractivity contribution in [2.24, 2.45) is 0 Å². The summed E-state index contributed by atoms with van der Waals surface area (Å²) in [7, 11) is 0. The van der Waals surface area contributed by atoms with Crippen molar-refractivity contribution < 1.29 is 9.32 Å². The average Bonchev–Trinajstić information content (AvgIpc) is 3.56. The molecule has 8 nitrogen and oxygen atoms in total. The lowest BCUT2D eigenvalue weighted by atomic mass is 10.1. The number of nitrogens with zero attached hydrogens (tertiary/aromatic N) is 6. The molecule has 0 unspecified atom stereocenters. The Labute approximate surface area is 189 Å². The molecule has 32 heavy (non-hydrogen) atoms. The highest BCUT2D eigenvalue weighted by atomic mass is 35.5.